The van der Waals surface area contributed by atoms with E-state index < -0.39 is 0 Å². The summed E-state index contributed by atoms with van der Waals surface area (Å²) in [6.45, 7) is 6.52. The number of hydrogen-bond donors (Lipinski definition) is 1. The van der Waals surface area contributed by atoms with Gasteiger partial charge in [0.15, 0.2) is 0 Å². The highest BCUT2D eigenvalue weighted by molar-refractivity contribution is 9.10. The Hall–Kier alpha value is -0.710. The van der Waals surface area contributed by atoms with Gasteiger partial charge in [0.25, 0.3) is 0 Å². The van der Waals surface area contributed by atoms with Gasteiger partial charge in [0.1, 0.15) is 5.82 Å². The molecular formula is C15H17BrFNS. The molecule has 1 nitrogen and oxygen atoms in total. The quantitative estimate of drug-likeness (QED) is 0.817. The highest BCUT2D eigenvalue weighted by atomic mass is 79.9. The first-order chi connectivity index (χ1) is 8.77. The molecule has 0 fully saturated rings. The Labute approximate surface area is 125 Å². The molecule has 1 aromatic heterocycles. The van der Waals surface area contributed by atoms with E-state index in [-0.39, 0.29) is 17.3 Å². The molecular weight excluding hydrogens is 325 g/mol. The molecule has 4 heteroatoms. The molecule has 0 spiro atoms. The van der Waals surface area contributed by atoms with Gasteiger partial charge in [0.05, 0.1) is 6.04 Å². The third-order valence-electron chi connectivity index (χ3n) is 2.92. The molecule has 0 radical (unpaired) electrons. The minimum atomic E-state index is -0.284. The van der Waals surface area contributed by atoms with E-state index in [0.29, 0.717) is 4.47 Å². The summed E-state index contributed by atoms with van der Waals surface area (Å²) in [7, 11) is 0. The molecule has 102 valence electrons. The highest BCUT2D eigenvalue weighted by Gasteiger charge is 2.19. The van der Waals surface area contributed by atoms with E-state index >= 15 is 0 Å². The van der Waals surface area contributed by atoms with Crippen molar-refractivity contribution in [1.82, 2.24) is 0 Å². The van der Waals surface area contributed by atoms with Crippen molar-refractivity contribution in [3.63, 3.8) is 0 Å². The lowest BCUT2D eigenvalue weighted by Crippen LogP contribution is -2.11. The predicted molar refractivity (Wildman–Crippen MR) is 83.1 cm³/mol. The highest BCUT2D eigenvalue weighted by Crippen LogP contribution is 2.34. The molecule has 0 aliphatic rings. The van der Waals surface area contributed by atoms with Crippen LogP contribution in [0.25, 0.3) is 0 Å². The molecule has 1 heterocycles. The molecule has 1 unspecified atom stereocenters. The van der Waals surface area contributed by atoms with E-state index in [0.717, 1.165) is 10.4 Å². The maximum Gasteiger partial charge on any atom is 0.124 e. The molecule has 2 aromatic rings. The van der Waals surface area contributed by atoms with Crippen LogP contribution in [0.3, 0.4) is 0 Å². The third-order valence-corrected chi connectivity index (χ3v) is 4.97. The molecule has 0 aliphatic heterocycles. The van der Waals surface area contributed by atoms with Crippen LogP contribution in [0, 0.1) is 5.82 Å². The standard InChI is InChI=1S/C15H17BrFNS/c1-15(2,3)13-5-4-12(19-13)14(18)9-6-10(16)8-11(17)7-9/h4-8,14H,18H2,1-3H3. The van der Waals surface area contributed by atoms with E-state index in [2.05, 4.69) is 42.8 Å². The zero-order valence-electron chi connectivity index (χ0n) is 11.2. The van der Waals surface area contributed by atoms with Crippen LogP contribution in [-0.2, 0) is 5.41 Å². The summed E-state index contributed by atoms with van der Waals surface area (Å²) in [6.07, 6.45) is 0. The first-order valence-corrected chi connectivity index (χ1v) is 7.70. The molecule has 0 bridgehead atoms. The SMILES string of the molecule is CC(C)(C)c1ccc(C(N)c2cc(F)cc(Br)c2)s1. The smallest absolute Gasteiger partial charge is 0.124 e. The lowest BCUT2D eigenvalue weighted by atomic mass is 9.95. The van der Waals surface area contributed by atoms with Crippen LogP contribution < -0.4 is 5.73 Å². The summed E-state index contributed by atoms with van der Waals surface area (Å²) >= 11 is 4.99. The fourth-order valence-electron chi connectivity index (χ4n) is 1.84. The molecule has 2 rings (SSSR count). The molecule has 19 heavy (non-hydrogen) atoms. The van der Waals surface area contributed by atoms with Crippen molar-refractivity contribution in [3.8, 4) is 0 Å². The lowest BCUT2D eigenvalue weighted by Gasteiger charge is -2.16. The summed E-state index contributed by atoms with van der Waals surface area (Å²) in [5.41, 5.74) is 7.14. The summed E-state index contributed by atoms with van der Waals surface area (Å²) in [4.78, 5) is 2.34. The molecule has 0 amide bonds. The van der Waals surface area contributed by atoms with Gasteiger partial charge in [0, 0.05) is 14.2 Å². The zero-order chi connectivity index (χ0) is 14.2. The molecule has 1 atom stereocenters. The maximum absolute atomic E-state index is 13.4. The van der Waals surface area contributed by atoms with E-state index in [1.54, 1.807) is 11.3 Å². The number of halogens is 2. The Morgan fingerprint density at radius 3 is 2.42 bits per heavy atom. The van der Waals surface area contributed by atoms with E-state index in [4.69, 9.17) is 5.73 Å². The van der Waals surface area contributed by atoms with Crippen LogP contribution >= 0.6 is 27.3 Å². The maximum atomic E-state index is 13.4. The van der Waals surface area contributed by atoms with Gasteiger partial charge < -0.3 is 5.73 Å². The van der Waals surface area contributed by atoms with Crippen molar-refractivity contribution in [3.05, 3.63) is 55.9 Å². The Kier molecular flexibility index (Phi) is 4.14. The molecule has 0 saturated carbocycles. The number of thiophene rings is 1. The van der Waals surface area contributed by atoms with Crippen molar-refractivity contribution in [1.29, 1.82) is 0 Å². The molecule has 2 N–H and O–H groups in total. The fraction of sp³-hybridized carbons (Fsp3) is 0.333. The minimum Gasteiger partial charge on any atom is -0.320 e. The fourth-order valence-corrected chi connectivity index (χ4v) is 3.42. The first-order valence-electron chi connectivity index (χ1n) is 6.09. The normalized spacial score (nSPS) is 13.6. The molecule has 1 aromatic carbocycles. The van der Waals surface area contributed by atoms with Crippen molar-refractivity contribution in [2.24, 2.45) is 5.73 Å². The van der Waals surface area contributed by atoms with Gasteiger partial charge in [-0.2, -0.15) is 0 Å². The Morgan fingerprint density at radius 2 is 1.89 bits per heavy atom. The molecule has 0 saturated heterocycles. The summed E-state index contributed by atoms with van der Waals surface area (Å²) in [6, 6.07) is 8.65. The summed E-state index contributed by atoms with van der Waals surface area (Å²) < 4.78 is 14.1. The van der Waals surface area contributed by atoms with Gasteiger partial charge in [0.2, 0.25) is 0 Å². The van der Waals surface area contributed by atoms with Crippen LogP contribution in [0.4, 0.5) is 4.39 Å². The number of rotatable bonds is 2. The minimum absolute atomic E-state index is 0.116. The van der Waals surface area contributed by atoms with Gasteiger partial charge in [-0.15, -0.1) is 11.3 Å². The van der Waals surface area contributed by atoms with Gasteiger partial charge in [-0.25, -0.2) is 4.39 Å². The average Bonchev–Trinajstić information content (AvgIpc) is 2.75. The second kappa shape index (κ2) is 5.35. The van der Waals surface area contributed by atoms with E-state index in [1.807, 2.05) is 12.1 Å². The largest absolute Gasteiger partial charge is 0.320 e. The van der Waals surface area contributed by atoms with Gasteiger partial charge in [-0.05, 0) is 41.3 Å². The van der Waals surface area contributed by atoms with Crippen molar-refractivity contribution >= 4 is 27.3 Å². The van der Waals surface area contributed by atoms with Gasteiger partial charge in [-0.3, -0.25) is 0 Å². The topological polar surface area (TPSA) is 26.0 Å². The predicted octanol–water partition coefficient (Wildman–Crippen LogP) is 5.00. The first kappa shape index (κ1) is 14.7. The second-order valence-electron chi connectivity index (χ2n) is 5.63. The van der Waals surface area contributed by atoms with E-state index in [1.165, 1.54) is 17.0 Å². The van der Waals surface area contributed by atoms with E-state index in [9.17, 15) is 4.39 Å². The number of hydrogen-bond acceptors (Lipinski definition) is 2. The van der Waals surface area contributed by atoms with Crippen molar-refractivity contribution in [2.75, 3.05) is 0 Å². The van der Waals surface area contributed by atoms with Crippen LogP contribution in [0.2, 0.25) is 0 Å². The van der Waals surface area contributed by atoms with Crippen LogP contribution in [-0.4, -0.2) is 0 Å². The Morgan fingerprint density at radius 1 is 1.21 bits per heavy atom. The Balaban J connectivity index is 2.33. The summed E-state index contributed by atoms with van der Waals surface area (Å²) in [5, 5.41) is 0. The number of nitrogens with two attached hydrogens (primary N) is 1. The van der Waals surface area contributed by atoms with Crippen LogP contribution in [0.15, 0.2) is 34.8 Å². The lowest BCUT2D eigenvalue weighted by molar-refractivity contribution is 0.604. The summed E-state index contributed by atoms with van der Waals surface area (Å²) in [5.74, 6) is -0.271. The van der Waals surface area contributed by atoms with Crippen molar-refractivity contribution < 1.29 is 4.39 Å². The van der Waals surface area contributed by atoms with Gasteiger partial charge >= 0.3 is 0 Å². The average molecular weight is 342 g/mol. The zero-order valence-corrected chi connectivity index (χ0v) is 13.6. The van der Waals surface area contributed by atoms with Crippen molar-refractivity contribution in [2.45, 2.75) is 32.2 Å². The van der Waals surface area contributed by atoms with Gasteiger partial charge in [-0.1, -0.05) is 36.7 Å². The van der Waals surface area contributed by atoms with Crippen LogP contribution in [0.5, 0.6) is 0 Å². The monoisotopic (exact) mass is 341 g/mol. The molecule has 0 aliphatic carbocycles. The Bertz CT molecular complexity index is 566. The number of benzene rings is 1. The second-order valence-corrected chi connectivity index (χ2v) is 7.66. The van der Waals surface area contributed by atoms with Crippen LogP contribution in [0.1, 0.15) is 42.1 Å². The third kappa shape index (κ3) is 3.44.